The summed E-state index contributed by atoms with van der Waals surface area (Å²) in [6.07, 6.45) is 3.63. The summed E-state index contributed by atoms with van der Waals surface area (Å²) in [6, 6.07) is 6.07. The molecule has 23 heavy (non-hydrogen) atoms. The van der Waals surface area contributed by atoms with Crippen molar-refractivity contribution in [3.63, 3.8) is 0 Å². The summed E-state index contributed by atoms with van der Waals surface area (Å²) in [7, 11) is 3.58. The average molecular weight is 318 g/mol. The van der Waals surface area contributed by atoms with Crippen LogP contribution in [0.25, 0.3) is 0 Å². The van der Waals surface area contributed by atoms with E-state index in [2.05, 4.69) is 24.0 Å². The molecule has 0 bridgehead atoms. The molecule has 4 heteroatoms. The number of benzene rings is 1. The second-order valence-electron chi connectivity index (χ2n) is 6.90. The minimum Gasteiger partial charge on any atom is -0.396 e. The molecule has 1 N–H and O–H groups in total. The van der Waals surface area contributed by atoms with E-state index in [1.165, 1.54) is 19.3 Å². The molecule has 1 amide bonds. The average Bonchev–Trinajstić information content (AvgIpc) is 2.59. The Morgan fingerprint density at radius 1 is 1.35 bits per heavy atom. The van der Waals surface area contributed by atoms with Gasteiger partial charge in [0, 0.05) is 45.4 Å². The Labute approximate surface area is 140 Å². The van der Waals surface area contributed by atoms with Crippen LogP contribution in [0.15, 0.2) is 18.2 Å². The Hall–Kier alpha value is -1.55. The summed E-state index contributed by atoms with van der Waals surface area (Å²) in [5, 5.41) is 9.40. The van der Waals surface area contributed by atoms with E-state index < -0.39 is 0 Å². The van der Waals surface area contributed by atoms with Crippen LogP contribution in [0.4, 0.5) is 5.69 Å². The molecule has 1 aliphatic rings. The lowest BCUT2D eigenvalue weighted by Crippen LogP contribution is -2.35. The normalized spacial score (nSPS) is 17.2. The predicted molar refractivity (Wildman–Crippen MR) is 95.2 cm³/mol. The molecule has 128 valence electrons. The van der Waals surface area contributed by atoms with E-state index in [0.717, 1.165) is 35.8 Å². The Morgan fingerprint density at radius 3 is 2.52 bits per heavy atom. The molecule has 1 unspecified atom stereocenters. The highest BCUT2D eigenvalue weighted by Gasteiger charge is 2.23. The first-order chi connectivity index (χ1) is 11.0. The van der Waals surface area contributed by atoms with Gasteiger partial charge in [-0.05, 0) is 36.5 Å². The van der Waals surface area contributed by atoms with E-state index in [9.17, 15) is 9.90 Å². The number of anilines is 1. The van der Waals surface area contributed by atoms with Crippen LogP contribution in [0, 0.1) is 5.92 Å². The summed E-state index contributed by atoms with van der Waals surface area (Å²) in [5.41, 5.74) is 2.81. The Morgan fingerprint density at radius 2 is 2.00 bits per heavy atom. The van der Waals surface area contributed by atoms with Gasteiger partial charge < -0.3 is 14.9 Å². The number of nitrogens with zero attached hydrogens (tertiary/aromatic N) is 2. The first-order valence-corrected chi connectivity index (χ1v) is 8.69. The molecule has 1 aromatic carbocycles. The molecule has 0 radical (unpaired) electrons. The van der Waals surface area contributed by atoms with E-state index in [0.29, 0.717) is 0 Å². The Bertz CT molecular complexity index is 534. The van der Waals surface area contributed by atoms with Crippen molar-refractivity contribution in [2.75, 3.05) is 38.7 Å². The van der Waals surface area contributed by atoms with E-state index in [4.69, 9.17) is 0 Å². The van der Waals surface area contributed by atoms with E-state index in [-0.39, 0.29) is 18.4 Å². The maximum Gasteiger partial charge on any atom is 0.255 e. The van der Waals surface area contributed by atoms with E-state index in [1.54, 1.807) is 19.0 Å². The maximum absolute atomic E-state index is 12.6. The number of aliphatic hydroxyl groups is 1. The van der Waals surface area contributed by atoms with Crippen molar-refractivity contribution in [3.8, 4) is 0 Å². The smallest absolute Gasteiger partial charge is 0.255 e. The van der Waals surface area contributed by atoms with Crippen LogP contribution in [-0.4, -0.2) is 49.7 Å². The monoisotopic (exact) mass is 318 g/mol. The third kappa shape index (κ3) is 4.05. The van der Waals surface area contributed by atoms with Crippen LogP contribution < -0.4 is 4.90 Å². The number of piperidine rings is 1. The molecular formula is C19H30N2O2. The second kappa shape index (κ2) is 7.82. The van der Waals surface area contributed by atoms with Gasteiger partial charge in [-0.1, -0.05) is 26.3 Å². The number of aliphatic hydroxyl groups excluding tert-OH is 1. The van der Waals surface area contributed by atoms with Gasteiger partial charge in [0.2, 0.25) is 0 Å². The number of hydrogen-bond donors (Lipinski definition) is 1. The highest BCUT2D eigenvalue weighted by atomic mass is 16.3. The number of carbonyl (C=O) groups excluding carboxylic acids is 1. The quantitative estimate of drug-likeness (QED) is 0.907. The van der Waals surface area contributed by atoms with Crippen LogP contribution in [-0.2, 0) is 0 Å². The molecule has 1 fully saturated rings. The largest absolute Gasteiger partial charge is 0.396 e. The van der Waals surface area contributed by atoms with Gasteiger partial charge in [0.15, 0.2) is 0 Å². The fourth-order valence-corrected chi connectivity index (χ4v) is 3.24. The van der Waals surface area contributed by atoms with Crippen molar-refractivity contribution in [3.05, 3.63) is 29.3 Å². The molecule has 1 atom stereocenters. The van der Waals surface area contributed by atoms with Gasteiger partial charge in [0.05, 0.1) is 5.56 Å². The zero-order chi connectivity index (χ0) is 17.0. The topological polar surface area (TPSA) is 43.8 Å². The van der Waals surface area contributed by atoms with Crippen LogP contribution >= 0.6 is 0 Å². The van der Waals surface area contributed by atoms with E-state index in [1.807, 2.05) is 13.0 Å². The van der Waals surface area contributed by atoms with Crippen molar-refractivity contribution in [1.82, 2.24) is 4.90 Å². The summed E-state index contributed by atoms with van der Waals surface area (Å²) >= 11 is 0. The molecule has 1 saturated heterocycles. The fourth-order valence-electron chi connectivity index (χ4n) is 3.24. The molecule has 1 heterocycles. The summed E-state index contributed by atoms with van der Waals surface area (Å²) < 4.78 is 0. The van der Waals surface area contributed by atoms with Gasteiger partial charge in [-0.25, -0.2) is 0 Å². The van der Waals surface area contributed by atoms with Gasteiger partial charge in [-0.15, -0.1) is 0 Å². The van der Waals surface area contributed by atoms with Crippen molar-refractivity contribution >= 4 is 11.6 Å². The first-order valence-electron chi connectivity index (χ1n) is 8.69. The zero-order valence-corrected chi connectivity index (χ0v) is 14.9. The lowest BCUT2D eigenvalue weighted by Gasteiger charge is -2.34. The van der Waals surface area contributed by atoms with Gasteiger partial charge >= 0.3 is 0 Å². The molecule has 4 nitrogen and oxygen atoms in total. The Kier molecular flexibility index (Phi) is 6.05. The predicted octanol–water partition coefficient (Wildman–Crippen LogP) is 3.11. The third-order valence-electron chi connectivity index (χ3n) is 5.03. The highest BCUT2D eigenvalue weighted by Crippen LogP contribution is 2.30. The first kappa shape index (κ1) is 17.8. The lowest BCUT2D eigenvalue weighted by molar-refractivity contribution is 0.0828. The molecule has 0 aliphatic carbocycles. The van der Waals surface area contributed by atoms with Crippen molar-refractivity contribution < 1.29 is 9.90 Å². The second-order valence-corrected chi connectivity index (χ2v) is 6.90. The summed E-state index contributed by atoms with van der Waals surface area (Å²) in [5.74, 6) is 0.890. The maximum atomic E-state index is 12.6. The lowest BCUT2D eigenvalue weighted by atomic mass is 9.92. The van der Waals surface area contributed by atoms with Gasteiger partial charge in [0.1, 0.15) is 0 Å². The van der Waals surface area contributed by atoms with Crippen LogP contribution in [0.2, 0.25) is 0 Å². The molecule has 0 aromatic heterocycles. The number of amides is 1. The number of carbonyl (C=O) groups is 1. The minimum atomic E-state index is 0.0320. The molecular weight excluding hydrogens is 288 g/mol. The molecule has 1 aliphatic heterocycles. The standard InChI is InChI=1S/C19H30N2O2/c1-5-15-8-10-21(11-9-15)18-7-6-16(14(2)13-22)12-17(18)19(23)20(3)4/h6-7,12,14-15,22H,5,8-11,13H2,1-4H3. The van der Waals surface area contributed by atoms with Crippen LogP contribution in [0.1, 0.15) is 54.9 Å². The van der Waals surface area contributed by atoms with E-state index >= 15 is 0 Å². The zero-order valence-electron chi connectivity index (χ0n) is 14.9. The Balaban J connectivity index is 2.32. The van der Waals surface area contributed by atoms with Crippen LogP contribution in [0.5, 0.6) is 0 Å². The SMILES string of the molecule is CCC1CCN(c2ccc(C(C)CO)cc2C(=O)N(C)C)CC1. The fraction of sp³-hybridized carbons (Fsp3) is 0.632. The number of rotatable bonds is 5. The van der Waals surface area contributed by atoms with Crippen molar-refractivity contribution in [2.24, 2.45) is 5.92 Å². The summed E-state index contributed by atoms with van der Waals surface area (Å²) in [6.45, 7) is 6.36. The molecule has 2 rings (SSSR count). The number of hydrogen-bond acceptors (Lipinski definition) is 3. The minimum absolute atomic E-state index is 0.0320. The highest BCUT2D eigenvalue weighted by molar-refractivity contribution is 5.99. The summed E-state index contributed by atoms with van der Waals surface area (Å²) in [4.78, 5) is 16.6. The van der Waals surface area contributed by atoms with Gasteiger partial charge in [-0.2, -0.15) is 0 Å². The van der Waals surface area contributed by atoms with Crippen LogP contribution in [0.3, 0.4) is 0 Å². The molecule has 1 aromatic rings. The van der Waals surface area contributed by atoms with Crippen molar-refractivity contribution in [1.29, 1.82) is 0 Å². The molecule has 0 spiro atoms. The van der Waals surface area contributed by atoms with Gasteiger partial charge in [0.25, 0.3) is 5.91 Å². The van der Waals surface area contributed by atoms with Gasteiger partial charge in [-0.3, -0.25) is 4.79 Å². The molecule has 0 saturated carbocycles. The third-order valence-corrected chi connectivity index (χ3v) is 5.03. The van der Waals surface area contributed by atoms with Crippen molar-refractivity contribution in [2.45, 2.75) is 39.0 Å².